The number of hydrogen-bond acceptors (Lipinski definition) is 6. The average molecular weight is 413 g/mol. The van der Waals surface area contributed by atoms with Gasteiger partial charge in [0.25, 0.3) is 0 Å². The van der Waals surface area contributed by atoms with Crippen LogP contribution in [0.25, 0.3) is 0 Å². The lowest BCUT2D eigenvalue weighted by Crippen LogP contribution is -2.57. The highest BCUT2D eigenvalue weighted by Crippen LogP contribution is 2.56. The Kier molecular flexibility index (Phi) is 4.12. The van der Waals surface area contributed by atoms with Gasteiger partial charge in [0.2, 0.25) is 17.1 Å². The van der Waals surface area contributed by atoms with Crippen LogP contribution in [0.2, 0.25) is 0 Å². The third-order valence-electron chi connectivity index (χ3n) is 6.01. The second kappa shape index (κ2) is 6.63. The zero-order valence-electron chi connectivity index (χ0n) is 16.6. The Bertz CT molecular complexity index is 1230. The third kappa shape index (κ3) is 2.40. The first kappa shape index (κ1) is 19.2. The maximum Gasteiger partial charge on any atom is 0.211 e. The monoisotopic (exact) mass is 413 g/mol. The van der Waals surface area contributed by atoms with Gasteiger partial charge >= 0.3 is 0 Å². The molecule has 31 heavy (non-hydrogen) atoms. The maximum atomic E-state index is 13.4. The highest BCUT2D eigenvalue weighted by molar-refractivity contribution is 6.22. The molecule has 0 unspecified atom stereocenters. The first-order valence-electron chi connectivity index (χ1n) is 9.77. The molecule has 0 spiro atoms. The van der Waals surface area contributed by atoms with E-state index in [4.69, 9.17) is 4.74 Å². The van der Waals surface area contributed by atoms with Crippen molar-refractivity contribution in [3.05, 3.63) is 107 Å². The fourth-order valence-corrected chi connectivity index (χ4v) is 4.44. The number of fused-ring (bicyclic) bond motifs is 3. The summed E-state index contributed by atoms with van der Waals surface area (Å²) in [5.74, 6) is -0.631. The Labute approximate surface area is 178 Å². The van der Waals surface area contributed by atoms with E-state index in [1.54, 1.807) is 86.0 Å². The Hall–Kier alpha value is -3.74. The number of nitrogens with zero attached hydrogens (tertiary/aromatic N) is 1. The van der Waals surface area contributed by atoms with Gasteiger partial charge < -0.3 is 19.8 Å². The Morgan fingerprint density at radius 2 is 1.55 bits per heavy atom. The van der Waals surface area contributed by atoms with Gasteiger partial charge in [0.1, 0.15) is 5.75 Å². The molecular weight excluding hydrogens is 394 g/mol. The topological polar surface area (TPSA) is 87.1 Å². The van der Waals surface area contributed by atoms with Crippen molar-refractivity contribution in [2.24, 2.45) is 0 Å². The highest BCUT2D eigenvalue weighted by Gasteiger charge is 2.71. The number of Topliss-reactive ketones (excluding diaryl/α,β-unsaturated/α-hetero) is 2. The van der Waals surface area contributed by atoms with Crippen LogP contribution >= 0.6 is 0 Å². The van der Waals surface area contributed by atoms with E-state index in [2.05, 4.69) is 0 Å². The summed E-state index contributed by atoms with van der Waals surface area (Å²) in [6.45, 7) is 0. The Morgan fingerprint density at radius 1 is 0.903 bits per heavy atom. The van der Waals surface area contributed by atoms with E-state index in [1.165, 1.54) is 11.1 Å². The van der Waals surface area contributed by atoms with Crippen LogP contribution in [-0.2, 0) is 5.72 Å². The van der Waals surface area contributed by atoms with E-state index in [0.717, 1.165) is 0 Å². The number of carbonyl (C=O) groups excluding carboxylic acids is 2. The molecule has 0 bridgehead atoms. The number of ketones is 2. The number of carbonyl (C=O) groups is 2. The minimum atomic E-state index is -2.45. The van der Waals surface area contributed by atoms with Crippen molar-refractivity contribution in [3.8, 4) is 5.75 Å². The molecule has 0 radical (unpaired) electrons. The van der Waals surface area contributed by atoms with E-state index < -0.39 is 22.9 Å². The highest BCUT2D eigenvalue weighted by atomic mass is 16.5. The number of rotatable bonds is 4. The predicted octanol–water partition coefficient (Wildman–Crippen LogP) is 3.05. The molecular formula is C25H19NO5. The summed E-state index contributed by atoms with van der Waals surface area (Å²) in [4.78, 5) is 28.1. The Balaban J connectivity index is 1.74. The predicted molar refractivity (Wildman–Crippen MR) is 114 cm³/mol. The molecule has 2 aliphatic rings. The SMILES string of the molecule is COc1ccc(N2C=C(C(=O)c3ccccc3)[C@@]3(O)C(=O)c4ccccc4[C@@]23O)cc1. The summed E-state index contributed by atoms with van der Waals surface area (Å²) in [7, 11) is 1.54. The smallest absolute Gasteiger partial charge is 0.211 e. The number of ether oxygens (including phenoxy) is 1. The number of methoxy groups -OCH3 is 1. The lowest BCUT2D eigenvalue weighted by atomic mass is 9.82. The summed E-state index contributed by atoms with van der Waals surface area (Å²) in [5, 5.41) is 23.7. The van der Waals surface area contributed by atoms with Crippen LogP contribution in [0.4, 0.5) is 5.69 Å². The zero-order valence-corrected chi connectivity index (χ0v) is 16.6. The number of hydrogen-bond donors (Lipinski definition) is 2. The molecule has 3 aromatic carbocycles. The molecule has 0 saturated carbocycles. The molecule has 6 heteroatoms. The largest absolute Gasteiger partial charge is 0.497 e. The molecule has 0 saturated heterocycles. The van der Waals surface area contributed by atoms with Crippen LogP contribution in [-0.4, -0.2) is 34.5 Å². The third-order valence-corrected chi connectivity index (χ3v) is 6.01. The van der Waals surface area contributed by atoms with Crippen LogP contribution in [0.1, 0.15) is 26.3 Å². The molecule has 154 valence electrons. The van der Waals surface area contributed by atoms with Crippen molar-refractivity contribution >= 4 is 17.3 Å². The Morgan fingerprint density at radius 3 is 2.23 bits per heavy atom. The van der Waals surface area contributed by atoms with E-state index in [0.29, 0.717) is 17.0 Å². The molecule has 2 atom stereocenters. The minimum absolute atomic E-state index is 0.178. The minimum Gasteiger partial charge on any atom is -0.497 e. The lowest BCUT2D eigenvalue weighted by Gasteiger charge is -2.39. The van der Waals surface area contributed by atoms with E-state index in [1.807, 2.05) is 0 Å². The van der Waals surface area contributed by atoms with Gasteiger partial charge in [0.15, 0.2) is 5.78 Å². The van der Waals surface area contributed by atoms with Crippen LogP contribution < -0.4 is 9.64 Å². The first-order valence-corrected chi connectivity index (χ1v) is 9.77. The molecule has 0 amide bonds. The maximum absolute atomic E-state index is 13.4. The van der Waals surface area contributed by atoms with Crippen molar-refractivity contribution in [2.45, 2.75) is 11.3 Å². The second-order valence-corrected chi connectivity index (χ2v) is 7.56. The summed E-state index contributed by atoms with van der Waals surface area (Å²) >= 11 is 0. The van der Waals surface area contributed by atoms with Gasteiger partial charge in [-0.2, -0.15) is 0 Å². The van der Waals surface area contributed by atoms with Crippen LogP contribution in [0.3, 0.4) is 0 Å². The van der Waals surface area contributed by atoms with Crippen molar-refractivity contribution in [2.75, 3.05) is 12.0 Å². The van der Waals surface area contributed by atoms with Gasteiger partial charge in [0, 0.05) is 28.6 Å². The first-order chi connectivity index (χ1) is 14.9. The summed E-state index contributed by atoms with van der Waals surface area (Å²) < 4.78 is 5.20. The molecule has 1 aliphatic heterocycles. The molecule has 0 fully saturated rings. The van der Waals surface area contributed by atoms with Gasteiger partial charge in [-0.05, 0) is 24.3 Å². The molecule has 3 aromatic rings. The van der Waals surface area contributed by atoms with Crippen molar-refractivity contribution in [1.82, 2.24) is 0 Å². The molecule has 1 heterocycles. The van der Waals surface area contributed by atoms with Crippen molar-refractivity contribution in [3.63, 3.8) is 0 Å². The molecule has 0 aromatic heterocycles. The van der Waals surface area contributed by atoms with E-state index in [9.17, 15) is 19.8 Å². The van der Waals surface area contributed by atoms with Crippen molar-refractivity contribution in [1.29, 1.82) is 0 Å². The fraction of sp³-hybridized carbons (Fsp3) is 0.120. The van der Waals surface area contributed by atoms with Crippen molar-refractivity contribution < 1.29 is 24.5 Å². The summed E-state index contributed by atoms with van der Waals surface area (Å²) in [5.41, 5.74) is -3.59. The molecule has 1 aliphatic carbocycles. The second-order valence-electron chi connectivity index (χ2n) is 7.56. The number of aliphatic hydroxyl groups is 2. The van der Waals surface area contributed by atoms with Gasteiger partial charge in [-0.15, -0.1) is 0 Å². The molecule has 5 rings (SSSR count). The van der Waals surface area contributed by atoms with Gasteiger partial charge in [-0.1, -0.05) is 54.6 Å². The summed E-state index contributed by atoms with van der Waals surface area (Å²) in [6.07, 6.45) is 1.37. The molecule has 6 nitrogen and oxygen atoms in total. The van der Waals surface area contributed by atoms with Gasteiger partial charge in [0.05, 0.1) is 12.7 Å². The van der Waals surface area contributed by atoms with Gasteiger partial charge in [-0.3, -0.25) is 9.59 Å². The normalized spacial score (nSPS) is 23.9. The lowest BCUT2D eigenvalue weighted by molar-refractivity contribution is -0.0878. The van der Waals surface area contributed by atoms with Crippen LogP contribution in [0.15, 0.2) is 90.6 Å². The quantitative estimate of drug-likeness (QED) is 0.640. The fourth-order valence-electron chi connectivity index (χ4n) is 4.44. The molecule has 2 N–H and O–H groups in total. The average Bonchev–Trinajstić information content (AvgIpc) is 3.16. The number of anilines is 1. The summed E-state index contributed by atoms with van der Waals surface area (Å²) in [6, 6.07) is 21.6. The standard InChI is InChI=1S/C25H19NO5/c1-31-18-13-11-17(12-14-18)26-15-21(22(27)16-7-3-2-4-8-16)24(29)23(28)19-9-5-6-10-20(19)25(24,26)30/h2-15,29-30H,1H3/t24-,25+/m1/s1. The van der Waals surface area contributed by atoms with Crippen LogP contribution in [0.5, 0.6) is 5.75 Å². The van der Waals surface area contributed by atoms with E-state index >= 15 is 0 Å². The number of benzene rings is 3. The van der Waals surface area contributed by atoms with Crippen LogP contribution in [0, 0.1) is 0 Å². The zero-order chi connectivity index (χ0) is 21.8. The van der Waals surface area contributed by atoms with Gasteiger partial charge in [-0.25, -0.2) is 0 Å². The van der Waals surface area contributed by atoms with E-state index in [-0.39, 0.29) is 16.7 Å².